The Bertz CT molecular complexity index is 759. The van der Waals surface area contributed by atoms with E-state index >= 15 is 0 Å². The van der Waals surface area contributed by atoms with Crippen LogP contribution in [0.25, 0.3) is 0 Å². The van der Waals surface area contributed by atoms with Crippen LogP contribution < -0.4 is 14.8 Å². The number of pyridine rings is 1. The number of amides is 1. The van der Waals surface area contributed by atoms with Gasteiger partial charge in [0.1, 0.15) is 11.6 Å². The molecule has 1 heterocycles. The Morgan fingerprint density at radius 1 is 1.24 bits per heavy atom. The van der Waals surface area contributed by atoms with E-state index in [9.17, 15) is 4.79 Å². The highest BCUT2D eigenvalue weighted by atomic mass is 35.5. The molecule has 0 saturated carbocycles. The van der Waals surface area contributed by atoms with Crippen LogP contribution in [-0.2, 0) is 4.79 Å². The van der Waals surface area contributed by atoms with Crippen molar-refractivity contribution in [1.29, 1.82) is 0 Å². The molecule has 25 heavy (non-hydrogen) atoms. The lowest BCUT2D eigenvalue weighted by Crippen LogP contribution is -2.12. The Labute approximate surface area is 161 Å². The maximum atomic E-state index is 11.4. The van der Waals surface area contributed by atoms with Gasteiger partial charge in [0, 0.05) is 11.3 Å². The molecule has 2 rings (SSSR count). The number of carbonyl (C=O) groups is 1. The van der Waals surface area contributed by atoms with E-state index in [1.807, 2.05) is 19.9 Å². The monoisotopic (exact) mass is 402 g/mol. The summed E-state index contributed by atoms with van der Waals surface area (Å²) in [7, 11) is 1.57. The molecule has 0 atom stereocenters. The Morgan fingerprint density at radius 3 is 2.40 bits per heavy atom. The molecule has 1 N–H and O–H groups in total. The fourth-order valence-corrected chi connectivity index (χ4v) is 2.76. The molecule has 0 spiro atoms. The summed E-state index contributed by atoms with van der Waals surface area (Å²) in [6.07, 6.45) is 1.53. The third-order valence-electron chi connectivity index (χ3n) is 3.29. The van der Waals surface area contributed by atoms with E-state index in [0.717, 1.165) is 5.56 Å². The Balaban J connectivity index is 2.31. The molecule has 0 aliphatic rings. The minimum absolute atomic E-state index is 0.164. The first-order chi connectivity index (χ1) is 11.8. The molecule has 0 unspecified atom stereocenters. The van der Waals surface area contributed by atoms with Crippen LogP contribution in [0.1, 0.15) is 25.3 Å². The van der Waals surface area contributed by atoms with Gasteiger partial charge < -0.3 is 14.8 Å². The third-order valence-corrected chi connectivity index (χ3v) is 4.10. The maximum absolute atomic E-state index is 11.4. The largest absolute Gasteiger partial charge is 0.481 e. The number of aromatic nitrogens is 1. The number of alkyl halides is 1. The summed E-state index contributed by atoms with van der Waals surface area (Å²) in [5, 5.41) is 3.08. The molecule has 0 aliphatic heterocycles. The van der Waals surface area contributed by atoms with Gasteiger partial charge in [0.25, 0.3) is 0 Å². The molecule has 134 valence electrons. The van der Waals surface area contributed by atoms with Gasteiger partial charge in [-0.3, -0.25) is 4.79 Å². The van der Waals surface area contributed by atoms with Crippen LogP contribution in [0, 0.1) is 0 Å². The predicted molar refractivity (Wildman–Crippen MR) is 101 cm³/mol. The highest BCUT2D eigenvalue weighted by molar-refractivity contribution is 6.38. The zero-order chi connectivity index (χ0) is 18.6. The summed E-state index contributed by atoms with van der Waals surface area (Å²) in [6, 6.07) is 4.90. The van der Waals surface area contributed by atoms with Gasteiger partial charge in [-0.15, -0.1) is 11.6 Å². The fraction of sp³-hybridized carbons (Fsp3) is 0.294. The Hall–Kier alpha value is -1.69. The number of nitrogens with zero attached hydrogens (tertiary/aromatic N) is 1. The standard InChI is InChI=1S/C17H17Cl3N2O3/c1-9(2)12-6-11(8-21-17(12)24-3)25-16-13(19)4-10(5-14(16)20)22-15(23)7-18/h4-6,8-9H,7H2,1-3H3,(H,22,23). The molecule has 0 radical (unpaired) electrons. The van der Waals surface area contributed by atoms with Gasteiger partial charge >= 0.3 is 0 Å². The molecule has 0 fully saturated rings. The number of nitrogens with one attached hydrogen (secondary N) is 1. The molecule has 5 nitrogen and oxygen atoms in total. The van der Waals surface area contributed by atoms with Crippen molar-refractivity contribution in [2.24, 2.45) is 0 Å². The van der Waals surface area contributed by atoms with E-state index in [1.165, 1.54) is 18.3 Å². The second-order valence-electron chi connectivity index (χ2n) is 5.48. The van der Waals surface area contributed by atoms with E-state index in [-0.39, 0.29) is 33.5 Å². The molecule has 2 aromatic rings. The van der Waals surface area contributed by atoms with Crippen molar-refractivity contribution in [3.8, 4) is 17.4 Å². The average Bonchev–Trinajstić information content (AvgIpc) is 2.57. The highest BCUT2D eigenvalue weighted by Crippen LogP contribution is 2.39. The van der Waals surface area contributed by atoms with Crippen molar-refractivity contribution in [3.63, 3.8) is 0 Å². The molecule has 1 aromatic heterocycles. The molecule has 1 amide bonds. The van der Waals surface area contributed by atoms with E-state index in [1.54, 1.807) is 7.11 Å². The Kier molecular flexibility index (Phi) is 6.76. The molecular formula is C17H17Cl3N2O3. The second kappa shape index (κ2) is 8.61. The van der Waals surface area contributed by atoms with Crippen molar-refractivity contribution in [1.82, 2.24) is 4.98 Å². The van der Waals surface area contributed by atoms with Crippen molar-refractivity contribution in [2.45, 2.75) is 19.8 Å². The number of benzene rings is 1. The maximum Gasteiger partial charge on any atom is 0.239 e. The van der Waals surface area contributed by atoms with Crippen LogP contribution in [0.2, 0.25) is 10.0 Å². The lowest BCUT2D eigenvalue weighted by molar-refractivity contribution is -0.113. The van der Waals surface area contributed by atoms with Gasteiger partial charge in [0.05, 0.1) is 23.4 Å². The Morgan fingerprint density at radius 2 is 1.88 bits per heavy atom. The number of hydrogen-bond acceptors (Lipinski definition) is 4. The summed E-state index contributed by atoms with van der Waals surface area (Å²) >= 11 is 17.9. The number of carbonyl (C=O) groups excluding carboxylic acids is 1. The topological polar surface area (TPSA) is 60.5 Å². The van der Waals surface area contributed by atoms with Crippen LogP contribution in [0.5, 0.6) is 17.4 Å². The van der Waals surface area contributed by atoms with Crippen molar-refractivity contribution in [3.05, 3.63) is 40.0 Å². The van der Waals surface area contributed by atoms with Crippen LogP contribution in [-0.4, -0.2) is 23.9 Å². The van der Waals surface area contributed by atoms with E-state index in [2.05, 4.69) is 10.3 Å². The summed E-state index contributed by atoms with van der Waals surface area (Å²) in [6.45, 7) is 4.05. The fourth-order valence-electron chi connectivity index (χ4n) is 2.13. The van der Waals surface area contributed by atoms with Gasteiger partial charge in [0.2, 0.25) is 11.8 Å². The van der Waals surface area contributed by atoms with Gasteiger partial charge in [-0.25, -0.2) is 4.98 Å². The molecule has 0 bridgehead atoms. The van der Waals surface area contributed by atoms with Crippen molar-refractivity contribution < 1.29 is 14.3 Å². The van der Waals surface area contributed by atoms with E-state index < -0.39 is 0 Å². The zero-order valence-electron chi connectivity index (χ0n) is 13.9. The van der Waals surface area contributed by atoms with Gasteiger partial charge in [0.15, 0.2) is 5.75 Å². The quantitative estimate of drug-likeness (QED) is 0.648. The lowest BCUT2D eigenvalue weighted by atomic mass is 10.1. The normalized spacial score (nSPS) is 10.7. The number of hydrogen-bond donors (Lipinski definition) is 1. The van der Waals surface area contributed by atoms with Crippen molar-refractivity contribution >= 4 is 46.4 Å². The number of methoxy groups -OCH3 is 1. The van der Waals surface area contributed by atoms with Gasteiger partial charge in [-0.05, 0) is 24.1 Å². The van der Waals surface area contributed by atoms with E-state index in [4.69, 9.17) is 44.3 Å². The minimum Gasteiger partial charge on any atom is -0.481 e. The van der Waals surface area contributed by atoms with Crippen molar-refractivity contribution in [2.75, 3.05) is 18.3 Å². The van der Waals surface area contributed by atoms with Crippen LogP contribution >= 0.6 is 34.8 Å². The summed E-state index contributed by atoms with van der Waals surface area (Å²) in [5.41, 5.74) is 1.34. The first kappa shape index (κ1) is 19.6. The average molecular weight is 404 g/mol. The summed E-state index contributed by atoms with van der Waals surface area (Å²) < 4.78 is 11.0. The van der Waals surface area contributed by atoms with Crippen LogP contribution in [0.3, 0.4) is 0 Å². The summed E-state index contributed by atoms with van der Waals surface area (Å²) in [5.74, 6) is 0.968. The number of anilines is 1. The minimum atomic E-state index is -0.358. The zero-order valence-corrected chi connectivity index (χ0v) is 16.2. The number of ether oxygens (including phenoxy) is 2. The smallest absolute Gasteiger partial charge is 0.239 e. The molecule has 1 aromatic carbocycles. The van der Waals surface area contributed by atoms with E-state index in [0.29, 0.717) is 17.3 Å². The first-order valence-corrected chi connectivity index (χ1v) is 8.71. The molecule has 0 saturated heterocycles. The van der Waals surface area contributed by atoms with Gasteiger partial charge in [-0.2, -0.15) is 0 Å². The number of rotatable bonds is 6. The first-order valence-electron chi connectivity index (χ1n) is 7.42. The lowest BCUT2D eigenvalue weighted by Gasteiger charge is -2.15. The predicted octanol–water partition coefficient (Wildman–Crippen LogP) is 5.49. The van der Waals surface area contributed by atoms with Crippen LogP contribution in [0.4, 0.5) is 5.69 Å². The second-order valence-corrected chi connectivity index (χ2v) is 6.56. The SMILES string of the molecule is COc1ncc(Oc2c(Cl)cc(NC(=O)CCl)cc2Cl)cc1C(C)C. The molecule has 8 heteroatoms. The van der Waals surface area contributed by atoms with Gasteiger partial charge in [-0.1, -0.05) is 37.0 Å². The highest BCUT2D eigenvalue weighted by Gasteiger charge is 2.15. The number of halogens is 3. The van der Waals surface area contributed by atoms with Crippen LogP contribution in [0.15, 0.2) is 24.4 Å². The molecular weight excluding hydrogens is 387 g/mol. The third kappa shape index (κ3) is 4.91. The molecule has 0 aliphatic carbocycles. The summed E-state index contributed by atoms with van der Waals surface area (Å²) in [4.78, 5) is 15.6.